The fourth-order valence-corrected chi connectivity index (χ4v) is 1.43. The van der Waals surface area contributed by atoms with Crippen LogP contribution >= 0.6 is 11.6 Å². The number of nitrogens with two attached hydrogens (primary N) is 1. The van der Waals surface area contributed by atoms with Crippen LogP contribution in [0.25, 0.3) is 0 Å². The summed E-state index contributed by atoms with van der Waals surface area (Å²) in [4.78, 5) is 12.2. The molecule has 1 amide bonds. The number of hydrogen-bond donors (Lipinski definition) is 1. The minimum atomic E-state index is -4.45. The van der Waals surface area contributed by atoms with Gasteiger partial charge < -0.3 is 10.6 Å². The number of nitrogen functional groups attached to an aromatic ring is 1. The van der Waals surface area contributed by atoms with Crippen molar-refractivity contribution in [1.29, 1.82) is 0 Å². The maximum absolute atomic E-state index is 12.1. The van der Waals surface area contributed by atoms with Crippen LogP contribution in [0.3, 0.4) is 0 Å². The lowest BCUT2D eigenvalue weighted by molar-refractivity contribution is -0.138. The van der Waals surface area contributed by atoms with Crippen LogP contribution in [0.1, 0.15) is 10.4 Å². The SMILES string of the molecule is CN(CC(F)(F)F)C(=O)c1cc(Cl)ccc1N. The summed E-state index contributed by atoms with van der Waals surface area (Å²) >= 11 is 5.65. The molecule has 0 aliphatic carbocycles. The topological polar surface area (TPSA) is 46.3 Å². The molecule has 17 heavy (non-hydrogen) atoms. The molecule has 1 rings (SSSR count). The molecule has 94 valence electrons. The molecule has 0 radical (unpaired) electrons. The molecule has 0 aliphatic heterocycles. The van der Waals surface area contributed by atoms with E-state index in [0.29, 0.717) is 4.90 Å². The highest BCUT2D eigenvalue weighted by molar-refractivity contribution is 6.31. The summed E-state index contributed by atoms with van der Waals surface area (Å²) in [7, 11) is 1.05. The van der Waals surface area contributed by atoms with Crippen molar-refractivity contribution >= 4 is 23.2 Å². The Hall–Kier alpha value is -1.43. The van der Waals surface area contributed by atoms with Gasteiger partial charge in [0.15, 0.2) is 0 Å². The molecule has 0 saturated heterocycles. The molecule has 0 bridgehead atoms. The Morgan fingerprint density at radius 2 is 2.06 bits per heavy atom. The lowest BCUT2D eigenvalue weighted by Gasteiger charge is -2.19. The molecule has 0 fully saturated rings. The molecule has 0 spiro atoms. The Kier molecular flexibility index (Phi) is 3.87. The lowest BCUT2D eigenvalue weighted by Crippen LogP contribution is -2.36. The van der Waals surface area contributed by atoms with E-state index in [-0.39, 0.29) is 16.3 Å². The molecule has 3 nitrogen and oxygen atoms in total. The van der Waals surface area contributed by atoms with Crippen molar-refractivity contribution in [1.82, 2.24) is 4.90 Å². The van der Waals surface area contributed by atoms with Crippen LogP contribution < -0.4 is 5.73 Å². The molecule has 0 heterocycles. The normalized spacial score (nSPS) is 11.4. The van der Waals surface area contributed by atoms with Gasteiger partial charge in [0.1, 0.15) is 6.54 Å². The molecule has 1 aromatic carbocycles. The summed E-state index contributed by atoms with van der Waals surface area (Å²) in [6.45, 7) is -1.34. The van der Waals surface area contributed by atoms with Gasteiger partial charge in [0.25, 0.3) is 5.91 Å². The van der Waals surface area contributed by atoms with E-state index in [1.54, 1.807) is 0 Å². The van der Waals surface area contributed by atoms with Crippen LogP contribution in [0, 0.1) is 0 Å². The number of carbonyl (C=O) groups is 1. The highest BCUT2D eigenvalue weighted by atomic mass is 35.5. The van der Waals surface area contributed by atoms with E-state index in [4.69, 9.17) is 17.3 Å². The third kappa shape index (κ3) is 3.81. The van der Waals surface area contributed by atoms with Gasteiger partial charge in [-0.15, -0.1) is 0 Å². The van der Waals surface area contributed by atoms with Crippen molar-refractivity contribution in [3.8, 4) is 0 Å². The highest BCUT2D eigenvalue weighted by Gasteiger charge is 2.31. The molecule has 0 aromatic heterocycles. The number of amides is 1. The average Bonchev–Trinajstić information content (AvgIpc) is 2.18. The smallest absolute Gasteiger partial charge is 0.398 e. The molecule has 1 aromatic rings. The predicted octanol–water partition coefficient (Wildman–Crippen LogP) is 2.56. The molecule has 2 N–H and O–H groups in total. The Morgan fingerprint density at radius 3 is 2.59 bits per heavy atom. The van der Waals surface area contributed by atoms with Crippen molar-refractivity contribution in [3.05, 3.63) is 28.8 Å². The summed E-state index contributed by atoms with van der Waals surface area (Å²) in [6, 6.07) is 4.07. The molecule has 7 heteroatoms. The van der Waals surface area contributed by atoms with E-state index in [1.165, 1.54) is 18.2 Å². The lowest BCUT2D eigenvalue weighted by atomic mass is 10.1. The van der Waals surface area contributed by atoms with E-state index in [2.05, 4.69) is 0 Å². The number of nitrogens with zero attached hydrogens (tertiary/aromatic N) is 1. The van der Waals surface area contributed by atoms with Gasteiger partial charge >= 0.3 is 6.18 Å². The van der Waals surface area contributed by atoms with Crippen LogP contribution in [0.15, 0.2) is 18.2 Å². The van der Waals surface area contributed by atoms with Gasteiger partial charge in [0, 0.05) is 17.8 Å². The van der Waals surface area contributed by atoms with E-state index in [1.807, 2.05) is 0 Å². The number of anilines is 1. The Bertz CT molecular complexity index is 434. The monoisotopic (exact) mass is 266 g/mol. The highest BCUT2D eigenvalue weighted by Crippen LogP contribution is 2.21. The van der Waals surface area contributed by atoms with Crippen molar-refractivity contribution in [3.63, 3.8) is 0 Å². The van der Waals surface area contributed by atoms with Gasteiger partial charge in [-0.1, -0.05) is 11.6 Å². The maximum atomic E-state index is 12.1. The van der Waals surface area contributed by atoms with E-state index in [9.17, 15) is 18.0 Å². The molecule has 0 aliphatic rings. The van der Waals surface area contributed by atoms with Gasteiger partial charge in [-0.3, -0.25) is 4.79 Å². The van der Waals surface area contributed by atoms with Gasteiger partial charge in [0.05, 0.1) is 5.56 Å². The molecule has 0 unspecified atom stereocenters. The fourth-order valence-electron chi connectivity index (χ4n) is 1.26. The first kappa shape index (κ1) is 13.6. The van der Waals surface area contributed by atoms with Crippen LogP contribution in [-0.2, 0) is 0 Å². The largest absolute Gasteiger partial charge is 0.406 e. The minimum absolute atomic E-state index is 0.0377. The molecule has 0 saturated carbocycles. The zero-order valence-corrected chi connectivity index (χ0v) is 9.64. The second kappa shape index (κ2) is 4.83. The third-order valence-electron chi connectivity index (χ3n) is 2.01. The first-order valence-corrected chi connectivity index (χ1v) is 4.96. The first-order chi connectivity index (χ1) is 7.70. The van der Waals surface area contributed by atoms with Gasteiger partial charge in [-0.05, 0) is 18.2 Å². The molecular formula is C10H10ClF3N2O. The summed E-state index contributed by atoms with van der Waals surface area (Å²) in [6.07, 6.45) is -4.45. The second-order valence-corrected chi connectivity index (χ2v) is 3.94. The van der Waals surface area contributed by atoms with Gasteiger partial charge in [0.2, 0.25) is 0 Å². The Labute approximate surface area is 101 Å². The van der Waals surface area contributed by atoms with Crippen LogP contribution in [-0.4, -0.2) is 30.6 Å². The maximum Gasteiger partial charge on any atom is 0.406 e. The predicted molar refractivity (Wildman–Crippen MR) is 58.9 cm³/mol. The third-order valence-corrected chi connectivity index (χ3v) is 2.24. The van der Waals surface area contributed by atoms with Gasteiger partial charge in [-0.25, -0.2) is 0 Å². The zero-order chi connectivity index (χ0) is 13.2. The van der Waals surface area contributed by atoms with Crippen molar-refractivity contribution in [2.75, 3.05) is 19.3 Å². The minimum Gasteiger partial charge on any atom is -0.398 e. The zero-order valence-electron chi connectivity index (χ0n) is 8.88. The average molecular weight is 267 g/mol. The standard InChI is InChI=1S/C10H10ClF3N2O/c1-16(5-10(12,13)14)9(17)7-4-6(11)2-3-8(7)15/h2-4H,5,15H2,1H3. The van der Waals surface area contributed by atoms with Crippen molar-refractivity contribution in [2.45, 2.75) is 6.18 Å². The van der Waals surface area contributed by atoms with E-state index < -0.39 is 18.6 Å². The first-order valence-electron chi connectivity index (χ1n) is 4.58. The number of alkyl halides is 3. The molecule has 0 atom stereocenters. The van der Waals surface area contributed by atoms with Gasteiger partial charge in [-0.2, -0.15) is 13.2 Å². The van der Waals surface area contributed by atoms with Crippen LogP contribution in [0.4, 0.5) is 18.9 Å². The number of benzene rings is 1. The van der Waals surface area contributed by atoms with E-state index >= 15 is 0 Å². The number of rotatable bonds is 2. The van der Waals surface area contributed by atoms with Crippen molar-refractivity contribution in [2.24, 2.45) is 0 Å². The number of carbonyl (C=O) groups excluding carboxylic acids is 1. The quantitative estimate of drug-likeness (QED) is 0.836. The number of halogens is 4. The molecular weight excluding hydrogens is 257 g/mol. The second-order valence-electron chi connectivity index (χ2n) is 3.51. The van der Waals surface area contributed by atoms with Crippen molar-refractivity contribution < 1.29 is 18.0 Å². The summed E-state index contributed by atoms with van der Waals surface area (Å²) < 4.78 is 36.3. The van der Waals surface area contributed by atoms with Crippen LogP contribution in [0.5, 0.6) is 0 Å². The number of hydrogen-bond acceptors (Lipinski definition) is 2. The fraction of sp³-hybridized carbons (Fsp3) is 0.300. The summed E-state index contributed by atoms with van der Waals surface area (Å²) in [5, 5.41) is 0.239. The Balaban J connectivity index is 2.93. The summed E-state index contributed by atoms with van der Waals surface area (Å²) in [5.41, 5.74) is 5.56. The van der Waals surface area contributed by atoms with E-state index in [0.717, 1.165) is 7.05 Å². The summed E-state index contributed by atoms with van der Waals surface area (Å²) in [5.74, 6) is -0.817. The van der Waals surface area contributed by atoms with Crippen LogP contribution in [0.2, 0.25) is 5.02 Å². The Morgan fingerprint density at radius 1 is 1.47 bits per heavy atom.